The Bertz CT molecular complexity index is 199. The number of nitrogens with one attached hydrogen (secondary N) is 1. The Balaban J connectivity index is 2.64. The number of hydrogen-bond acceptors (Lipinski definition) is 2. The maximum Gasteiger partial charge on any atom is 0.309 e. The van der Waals surface area contributed by atoms with Crippen LogP contribution in [0.5, 0.6) is 0 Å². The molecule has 0 saturated heterocycles. The molecule has 1 saturated carbocycles. The van der Waals surface area contributed by atoms with Gasteiger partial charge in [-0.3, -0.25) is 4.79 Å². The quantitative estimate of drug-likeness (QED) is 0.710. The first-order valence-corrected chi connectivity index (χ1v) is 5.49. The summed E-state index contributed by atoms with van der Waals surface area (Å²) in [7, 11) is 1.87. The Morgan fingerprint density at radius 2 is 2.07 bits per heavy atom. The highest BCUT2D eigenvalue weighted by atomic mass is 16.4. The molecule has 0 bridgehead atoms. The van der Waals surface area contributed by atoms with Crippen molar-refractivity contribution in [2.75, 3.05) is 13.6 Å². The molecule has 0 aliphatic heterocycles. The molecule has 1 rings (SSSR count). The molecule has 1 fully saturated rings. The standard InChI is InChI=1S/C11H21NO2/c1-11(10(13)14,7-8-12-2)9-5-3-4-6-9/h9,12H,3-8H2,1-2H3,(H,13,14). The fraction of sp³-hybridized carbons (Fsp3) is 0.909. The fourth-order valence-electron chi connectivity index (χ4n) is 2.43. The molecule has 82 valence electrons. The van der Waals surface area contributed by atoms with Crippen LogP contribution in [-0.4, -0.2) is 24.7 Å². The number of carboxylic acid groups (broad SMARTS) is 1. The Morgan fingerprint density at radius 3 is 2.50 bits per heavy atom. The lowest BCUT2D eigenvalue weighted by Gasteiger charge is -2.31. The van der Waals surface area contributed by atoms with Gasteiger partial charge in [-0.2, -0.15) is 0 Å². The van der Waals surface area contributed by atoms with Crippen LogP contribution >= 0.6 is 0 Å². The molecule has 1 aliphatic rings. The first-order chi connectivity index (χ1) is 6.61. The van der Waals surface area contributed by atoms with Gasteiger partial charge in [-0.05, 0) is 45.7 Å². The van der Waals surface area contributed by atoms with Crippen molar-refractivity contribution < 1.29 is 9.90 Å². The molecule has 1 atom stereocenters. The molecule has 0 aromatic heterocycles. The summed E-state index contributed by atoms with van der Waals surface area (Å²) in [5.74, 6) is -0.243. The predicted octanol–water partition coefficient (Wildman–Crippen LogP) is 1.88. The monoisotopic (exact) mass is 199 g/mol. The van der Waals surface area contributed by atoms with Crippen LogP contribution in [0.1, 0.15) is 39.0 Å². The van der Waals surface area contributed by atoms with Crippen LogP contribution in [0, 0.1) is 11.3 Å². The minimum absolute atomic E-state index is 0.383. The van der Waals surface area contributed by atoms with E-state index in [9.17, 15) is 9.90 Å². The molecule has 0 aromatic carbocycles. The van der Waals surface area contributed by atoms with E-state index in [1.54, 1.807) is 0 Å². The highest BCUT2D eigenvalue weighted by Gasteiger charge is 2.41. The average Bonchev–Trinajstić information content (AvgIpc) is 2.66. The average molecular weight is 199 g/mol. The van der Waals surface area contributed by atoms with Gasteiger partial charge in [-0.15, -0.1) is 0 Å². The minimum Gasteiger partial charge on any atom is -0.481 e. The second-order valence-corrected chi connectivity index (χ2v) is 4.56. The molecule has 14 heavy (non-hydrogen) atoms. The van der Waals surface area contributed by atoms with E-state index in [0.29, 0.717) is 5.92 Å². The second kappa shape index (κ2) is 4.78. The van der Waals surface area contributed by atoms with Gasteiger partial charge in [0.2, 0.25) is 0 Å². The van der Waals surface area contributed by atoms with Gasteiger partial charge in [-0.1, -0.05) is 12.8 Å². The molecule has 0 radical (unpaired) electrons. The Kier molecular flexibility index (Phi) is 3.93. The maximum atomic E-state index is 11.3. The van der Waals surface area contributed by atoms with Crippen molar-refractivity contribution >= 4 is 5.97 Å². The summed E-state index contributed by atoms with van der Waals surface area (Å²) >= 11 is 0. The normalized spacial score (nSPS) is 22.1. The molecule has 0 spiro atoms. The van der Waals surface area contributed by atoms with E-state index in [0.717, 1.165) is 25.8 Å². The zero-order valence-electron chi connectivity index (χ0n) is 9.18. The number of carbonyl (C=O) groups is 1. The zero-order chi connectivity index (χ0) is 10.6. The molecule has 0 aromatic rings. The Hall–Kier alpha value is -0.570. The third-order valence-electron chi connectivity index (χ3n) is 3.64. The summed E-state index contributed by atoms with van der Waals surface area (Å²) in [5.41, 5.74) is -0.514. The van der Waals surface area contributed by atoms with Gasteiger partial charge in [0.1, 0.15) is 0 Å². The third-order valence-corrected chi connectivity index (χ3v) is 3.64. The predicted molar refractivity (Wildman–Crippen MR) is 56.2 cm³/mol. The summed E-state index contributed by atoms with van der Waals surface area (Å²) in [6.07, 6.45) is 5.32. The van der Waals surface area contributed by atoms with Crippen molar-refractivity contribution in [3.05, 3.63) is 0 Å². The molecule has 1 unspecified atom stereocenters. The van der Waals surface area contributed by atoms with Gasteiger partial charge in [-0.25, -0.2) is 0 Å². The smallest absolute Gasteiger partial charge is 0.309 e. The fourth-order valence-corrected chi connectivity index (χ4v) is 2.43. The summed E-state index contributed by atoms with van der Waals surface area (Å²) < 4.78 is 0. The van der Waals surface area contributed by atoms with E-state index >= 15 is 0 Å². The maximum absolute atomic E-state index is 11.3. The third kappa shape index (κ3) is 2.27. The van der Waals surface area contributed by atoms with Crippen LogP contribution < -0.4 is 5.32 Å². The van der Waals surface area contributed by atoms with Crippen LogP contribution in [0.4, 0.5) is 0 Å². The van der Waals surface area contributed by atoms with E-state index in [4.69, 9.17) is 0 Å². The first-order valence-electron chi connectivity index (χ1n) is 5.49. The van der Waals surface area contributed by atoms with Crippen molar-refractivity contribution in [3.63, 3.8) is 0 Å². The SMILES string of the molecule is CNCCC(C)(C(=O)O)C1CCCC1. The lowest BCUT2D eigenvalue weighted by atomic mass is 9.73. The van der Waals surface area contributed by atoms with E-state index < -0.39 is 11.4 Å². The first kappa shape index (κ1) is 11.5. The van der Waals surface area contributed by atoms with E-state index in [1.807, 2.05) is 14.0 Å². The van der Waals surface area contributed by atoms with Crippen molar-refractivity contribution in [1.82, 2.24) is 5.32 Å². The molecule has 3 heteroatoms. The number of hydrogen-bond donors (Lipinski definition) is 2. The lowest BCUT2D eigenvalue weighted by molar-refractivity contribution is -0.151. The van der Waals surface area contributed by atoms with Gasteiger partial charge < -0.3 is 10.4 Å². The molecular weight excluding hydrogens is 178 g/mol. The number of rotatable bonds is 5. The highest BCUT2D eigenvalue weighted by Crippen LogP contribution is 2.42. The number of aliphatic carboxylic acids is 1. The van der Waals surface area contributed by atoms with Gasteiger partial charge in [0.15, 0.2) is 0 Å². The van der Waals surface area contributed by atoms with Crippen molar-refractivity contribution in [2.24, 2.45) is 11.3 Å². The van der Waals surface area contributed by atoms with Gasteiger partial charge in [0.25, 0.3) is 0 Å². The Morgan fingerprint density at radius 1 is 1.50 bits per heavy atom. The van der Waals surface area contributed by atoms with Crippen LogP contribution in [0.2, 0.25) is 0 Å². The van der Waals surface area contributed by atoms with Gasteiger partial charge in [0, 0.05) is 0 Å². The topological polar surface area (TPSA) is 49.3 Å². The zero-order valence-corrected chi connectivity index (χ0v) is 9.18. The van der Waals surface area contributed by atoms with Crippen LogP contribution in [0.15, 0.2) is 0 Å². The van der Waals surface area contributed by atoms with E-state index in [2.05, 4.69) is 5.32 Å². The molecule has 2 N–H and O–H groups in total. The molecule has 3 nitrogen and oxygen atoms in total. The molecule has 0 heterocycles. The molecular formula is C11H21NO2. The number of carboxylic acids is 1. The van der Waals surface area contributed by atoms with E-state index in [-0.39, 0.29) is 0 Å². The summed E-state index contributed by atoms with van der Waals surface area (Å²) in [5, 5.41) is 12.3. The minimum atomic E-state index is -0.625. The summed E-state index contributed by atoms with van der Waals surface area (Å²) in [4.78, 5) is 11.3. The highest BCUT2D eigenvalue weighted by molar-refractivity contribution is 5.74. The Labute approximate surface area is 85.9 Å². The van der Waals surface area contributed by atoms with E-state index in [1.165, 1.54) is 12.8 Å². The second-order valence-electron chi connectivity index (χ2n) is 4.56. The molecule has 1 aliphatic carbocycles. The van der Waals surface area contributed by atoms with Crippen LogP contribution in [-0.2, 0) is 4.79 Å². The van der Waals surface area contributed by atoms with Crippen LogP contribution in [0.25, 0.3) is 0 Å². The van der Waals surface area contributed by atoms with Crippen molar-refractivity contribution in [2.45, 2.75) is 39.0 Å². The van der Waals surface area contributed by atoms with Crippen molar-refractivity contribution in [3.8, 4) is 0 Å². The van der Waals surface area contributed by atoms with Crippen molar-refractivity contribution in [1.29, 1.82) is 0 Å². The van der Waals surface area contributed by atoms with Gasteiger partial charge in [0.05, 0.1) is 5.41 Å². The largest absolute Gasteiger partial charge is 0.481 e. The summed E-state index contributed by atoms with van der Waals surface area (Å²) in [6, 6.07) is 0. The lowest BCUT2D eigenvalue weighted by Crippen LogP contribution is -2.37. The summed E-state index contributed by atoms with van der Waals surface area (Å²) in [6.45, 7) is 2.70. The van der Waals surface area contributed by atoms with Crippen LogP contribution in [0.3, 0.4) is 0 Å². The molecule has 0 amide bonds. The van der Waals surface area contributed by atoms with Gasteiger partial charge >= 0.3 is 5.97 Å².